The molecule has 4 heteroatoms. The molecule has 0 aromatic rings. The molecule has 1 heterocycles. The van der Waals surface area contributed by atoms with E-state index in [0.29, 0.717) is 12.4 Å². The van der Waals surface area contributed by atoms with Crippen LogP contribution in [0.25, 0.3) is 0 Å². The largest absolute Gasteiger partial charge is 0.389 e. The summed E-state index contributed by atoms with van der Waals surface area (Å²) in [7, 11) is 0. The van der Waals surface area contributed by atoms with E-state index in [4.69, 9.17) is 15.3 Å². The predicted molar refractivity (Wildman–Crippen MR) is 46.8 cm³/mol. The summed E-state index contributed by atoms with van der Waals surface area (Å²) in [6.07, 6.45) is 1.01. The van der Waals surface area contributed by atoms with Crippen molar-refractivity contribution in [1.82, 2.24) is 0 Å². The molecule has 1 saturated heterocycles. The van der Waals surface area contributed by atoms with Gasteiger partial charge in [-0.2, -0.15) is 0 Å². The van der Waals surface area contributed by atoms with Gasteiger partial charge < -0.3 is 15.3 Å². The van der Waals surface area contributed by atoms with Crippen LogP contribution in [0.3, 0.4) is 0 Å². The maximum Gasteiger partial charge on any atom is 0.153 e. The fourth-order valence-corrected chi connectivity index (χ4v) is 0.837. The molecule has 0 radical (unpaired) electrons. The third-order valence-corrected chi connectivity index (χ3v) is 1.79. The van der Waals surface area contributed by atoms with Crippen molar-refractivity contribution in [2.75, 3.05) is 13.2 Å². The molecule has 4 nitrogen and oxygen atoms in total. The Morgan fingerprint density at radius 2 is 2.42 bits per heavy atom. The fraction of sp³-hybridized carbons (Fsp3) is 0.875. The van der Waals surface area contributed by atoms with Crippen molar-refractivity contribution in [1.29, 1.82) is 0 Å². The molecule has 0 aromatic heterocycles. The summed E-state index contributed by atoms with van der Waals surface area (Å²) in [5.41, 5.74) is 5.58. The topological polar surface area (TPSA) is 56.8 Å². The highest BCUT2D eigenvalue weighted by Gasteiger charge is 2.16. The van der Waals surface area contributed by atoms with Gasteiger partial charge in [0.1, 0.15) is 5.84 Å². The first kappa shape index (κ1) is 9.32. The molecule has 1 fully saturated rings. The predicted octanol–water partition coefficient (Wildman–Crippen LogP) is 0.720. The molecule has 0 aliphatic carbocycles. The van der Waals surface area contributed by atoms with Crippen LogP contribution in [0.2, 0.25) is 0 Å². The number of hydrogen-bond acceptors (Lipinski definition) is 3. The molecule has 12 heavy (non-hydrogen) atoms. The van der Waals surface area contributed by atoms with Gasteiger partial charge in [-0.3, -0.25) is 0 Å². The van der Waals surface area contributed by atoms with Gasteiger partial charge in [0.2, 0.25) is 0 Å². The van der Waals surface area contributed by atoms with Crippen molar-refractivity contribution in [3.8, 4) is 0 Å². The normalized spacial score (nSPS) is 24.9. The zero-order chi connectivity index (χ0) is 8.97. The Balaban J connectivity index is 2.26. The summed E-state index contributed by atoms with van der Waals surface area (Å²) in [4.78, 5) is 5.16. The average molecular weight is 172 g/mol. The molecule has 1 unspecified atom stereocenters. The number of hydrogen-bond donors (Lipinski definition) is 1. The van der Waals surface area contributed by atoms with Gasteiger partial charge in [-0.1, -0.05) is 19.0 Å². The first-order chi connectivity index (χ1) is 5.70. The van der Waals surface area contributed by atoms with E-state index in [1.54, 1.807) is 0 Å². The molecule has 0 spiro atoms. The summed E-state index contributed by atoms with van der Waals surface area (Å²) in [5, 5.41) is 3.82. The SMILES string of the molecule is CC(C)/C(N)=N/OC1CCOC1. The number of ether oxygens (including phenoxy) is 1. The van der Waals surface area contributed by atoms with Crippen molar-refractivity contribution >= 4 is 5.84 Å². The minimum absolute atomic E-state index is 0.0994. The first-order valence-electron chi connectivity index (χ1n) is 4.27. The molecule has 1 aliphatic heterocycles. The molecule has 70 valence electrons. The quantitative estimate of drug-likeness (QED) is 0.387. The third kappa shape index (κ3) is 2.70. The van der Waals surface area contributed by atoms with Gasteiger partial charge in [0.05, 0.1) is 13.2 Å². The number of oxime groups is 1. The maximum atomic E-state index is 5.58. The van der Waals surface area contributed by atoms with Crippen LogP contribution >= 0.6 is 0 Å². The molecule has 1 rings (SSSR count). The molecule has 0 aromatic carbocycles. The molecule has 0 bridgehead atoms. The number of rotatable bonds is 3. The van der Waals surface area contributed by atoms with Crippen LogP contribution in [0.5, 0.6) is 0 Å². The summed E-state index contributed by atoms with van der Waals surface area (Å²) >= 11 is 0. The van der Waals surface area contributed by atoms with Crippen LogP contribution < -0.4 is 5.73 Å². The zero-order valence-electron chi connectivity index (χ0n) is 7.62. The van der Waals surface area contributed by atoms with Gasteiger partial charge in [0.15, 0.2) is 6.10 Å². The van der Waals surface area contributed by atoms with E-state index in [-0.39, 0.29) is 12.0 Å². The van der Waals surface area contributed by atoms with Crippen molar-refractivity contribution in [2.45, 2.75) is 26.4 Å². The molecule has 1 aliphatic rings. The fourth-order valence-electron chi connectivity index (χ4n) is 0.837. The van der Waals surface area contributed by atoms with Crippen LogP contribution in [0.15, 0.2) is 5.16 Å². The summed E-state index contributed by atoms with van der Waals surface area (Å²) < 4.78 is 5.11. The van der Waals surface area contributed by atoms with E-state index >= 15 is 0 Å². The Bertz CT molecular complexity index is 162. The third-order valence-electron chi connectivity index (χ3n) is 1.79. The second-order valence-electron chi connectivity index (χ2n) is 3.26. The van der Waals surface area contributed by atoms with E-state index in [1.807, 2.05) is 13.8 Å². The molecule has 1 atom stereocenters. The van der Waals surface area contributed by atoms with E-state index in [9.17, 15) is 0 Å². The lowest BCUT2D eigenvalue weighted by atomic mass is 10.2. The molecular weight excluding hydrogens is 156 g/mol. The van der Waals surface area contributed by atoms with Crippen LogP contribution in [-0.4, -0.2) is 25.2 Å². The second-order valence-corrected chi connectivity index (χ2v) is 3.26. The molecule has 0 amide bonds. The first-order valence-corrected chi connectivity index (χ1v) is 4.27. The Kier molecular flexibility index (Phi) is 3.34. The Morgan fingerprint density at radius 3 is 2.92 bits per heavy atom. The van der Waals surface area contributed by atoms with E-state index in [1.165, 1.54) is 0 Å². The number of nitrogens with two attached hydrogens (primary N) is 1. The molecule has 2 N–H and O–H groups in total. The average Bonchev–Trinajstić information content (AvgIpc) is 2.51. The summed E-state index contributed by atoms with van der Waals surface area (Å²) in [6.45, 7) is 5.36. The van der Waals surface area contributed by atoms with Crippen LogP contribution in [-0.2, 0) is 9.57 Å². The monoisotopic (exact) mass is 172 g/mol. The highest BCUT2D eigenvalue weighted by atomic mass is 16.7. The van der Waals surface area contributed by atoms with Crippen LogP contribution in [0.4, 0.5) is 0 Å². The van der Waals surface area contributed by atoms with Gasteiger partial charge in [-0.15, -0.1) is 0 Å². The molecular formula is C8H16N2O2. The van der Waals surface area contributed by atoms with E-state index in [2.05, 4.69) is 5.16 Å². The van der Waals surface area contributed by atoms with Gasteiger partial charge in [0, 0.05) is 12.3 Å². The lowest BCUT2D eigenvalue weighted by Crippen LogP contribution is -2.21. The van der Waals surface area contributed by atoms with Gasteiger partial charge in [0.25, 0.3) is 0 Å². The van der Waals surface area contributed by atoms with E-state index in [0.717, 1.165) is 13.0 Å². The van der Waals surface area contributed by atoms with Crippen molar-refractivity contribution < 1.29 is 9.57 Å². The number of nitrogens with zero attached hydrogens (tertiary/aromatic N) is 1. The summed E-state index contributed by atoms with van der Waals surface area (Å²) in [5.74, 6) is 0.786. The van der Waals surface area contributed by atoms with Crippen molar-refractivity contribution in [2.24, 2.45) is 16.8 Å². The lowest BCUT2D eigenvalue weighted by Gasteiger charge is -2.07. The van der Waals surface area contributed by atoms with Crippen LogP contribution in [0, 0.1) is 5.92 Å². The second kappa shape index (κ2) is 4.30. The smallest absolute Gasteiger partial charge is 0.153 e. The maximum absolute atomic E-state index is 5.58. The van der Waals surface area contributed by atoms with Crippen molar-refractivity contribution in [3.63, 3.8) is 0 Å². The standard InChI is InChI=1S/C8H16N2O2/c1-6(2)8(9)10-12-7-3-4-11-5-7/h6-7H,3-5H2,1-2H3,(H2,9,10). The van der Waals surface area contributed by atoms with Gasteiger partial charge in [-0.05, 0) is 0 Å². The van der Waals surface area contributed by atoms with E-state index < -0.39 is 0 Å². The minimum atomic E-state index is 0.0994. The highest BCUT2D eigenvalue weighted by Crippen LogP contribution is 2.08. The Labute approximate surface area is 72.7 Å². The zero-order valence-corrected chi connectivity index (χ0v) is 7.62. The highest BCUT2D eigenvalue weighted by molar-refractivity contribution is 5.81. The number of amidine groups is 1. The van der Waals surface area contributed by atoms with Gasteiger partial charge in [-0.25, -0.2) is 0 Å². The molecule has 0 saturated carbocycles. The lowest BCUT2D eigenvalue weighted by molar-refractivity contribution is 0.0464. The van der Waals surface area contributed by atoms with Crippen LogP contribution in [0.1, 0.15) is 20.3 Å². The Morgan fingerprint density at radius 1 is 1.67 bits per heavy atom. The Hall–Kier alpha value is -0.770. The minimum Gasteiger partial charge on any atom is -0.389 e. The summed E-state index contributed by atoms with van der Waals surface area (Å²) in [6, 6.07) is 0. The van der Waals surface area contributed by atoms with Gasteiger partial charge >= 0.3 is 0 Å². The van der Waals surface area contributed by atoms with Crippen molar-refractivity contribution in [3.05, 3.63) is 0 Å².